The third-order valence-electron chi connectivity index (χ3n) is 3.15. The highest BCUT2D eigenvalue weighted by atomic mass is 16.5. The predicted octanol–water partition coefficient (Wildman–Crippen LogP) is -1.87. The summed E-state index contributed by atoms with van der Waals surface area (Å²) < 4.78 is 5.49. The third kappa shape index (κ3) is 1.65. The number of amidine groups is 1. The Morgan fingerprint density at radius 1 is 1.56 bits per heavy atom. The van der Waals surface area contributed by atoms with E-state index >= 15 is 0 Å². The predicted molar refractivity (Wildman–Crippen MR) is 61.4 cm³/mol. The van der Waals surface area contributed by atoms with Crippen LogP contribution in [0.15, 0.2) is 15.0 Å². The number of carbonyl (C=O) groups excluding carboxylic acids is 1. The number of nitrogens with zero attached hydrogens (tertiary/aromatic N) is 4. The van der Waals surface area contributed by atoms with Gasteiger partial charge in [-0.25, -0.2) is 4.99 Å². The molecule has 1 fully saturated rings. The number of rotatable bonds is 2. The van der Waals surface area contributed by atoms with E-state index in [1.807, 2.05) is 0 Å². The summed E-state index contributed by atoms with van der Waals surface area (Å²) in [7, 11) is 0. The summed E-state index contributed by atoms with van der Waals surface area (Å²) in [6, 6.07) is -0.705. The average Bonchev–Trinajstić information content (AvgIpc) is 2.93. The van der Waals surface area contributed by atoms with Crippen molar-refractivity contribution < 1.29 is 19.7 Å². The van der Waals surface area contributed by atoms with Gasteiger partial charge in [0.2, 0.25) is 0 Å². The Morgan fingerprint density at radius 3 is 3.11 bits per heavy atom. The highest BCUT2D eigenvalue weighted by molar-refractivity contribution is 6.19. The molecule has 2 N–H and O–H groups in total. The van der Waals surface area contributed by atoms with Gasteiger partial charge < -0.3 is 14.9 Å². The van der Waals surface area contributed by atoms with E-state index in [9.17, 15) is 9.90 Å². The molecule has 0 spiro atoms. The molecule has 0 radical (unpaired) electrons. The van der Waals surface area contributed by atoms with Crippen molar-refractivity contribution in [3.8, 4) is 0 Å². The van der Waals surface area contributed by atoms with Crippen LogP contribution in [-0.4, -0.2) is 70.6 Å². The van der Waals surface area contributed by atoms with Crippen molar-refractivity contribution in [2.45, 2.75) is 30.9 Å². The molecule has 3 aliphatic heterocycles. The quantitative estimate of drug-likeness (QED) is 0.599. The topological polar surface area (TPSA) is 107 Å². The number of fused-ring (bicyclic) bond motifs is 1. The van der Waals surface area contributed by atoms with Crippen molar-refractivity contribution in [2.75, 3.05) is 6.61 Å². The number of amides is 1. The van der Waals surface area contributed by atoms with Crippen LogP contribution in [-0.2, 0) is 9.53 Å². The van der Waals surface area contributed by atoms with E-state index in [1.165, 1.54) is 12.7 Å². The van der Waals surface area contributed by atoms with Crippen LogP contribution in [0.25, 0.3) is 0 Å². The molecule has 3 aliphatic rings. The van der Waals surface area contributed by atoms with Gasteiger partial charge in [0.25, 0.3) is 5.91 Å². The number of ether oxygens (including phenoxy) is 1. The molecule has 8 nitrogen and oxygen atoms in total. The molecule has 0 saturated carbocycles. The minimum Gasteiger partial charge on any atom is -0.394 e. The van der Waals surface area contributed by atoms with Gasteiger partial charge in [-0.15, -0.1) is 0 Å². The molecular formula is C10H12N4O4. The van der Waals surface area contributed by atoms with E-state index in [4.69, 9.17) is 9.84 Å². The highest BCUT2D eigenvalue weighted by Crippen LogP contribution is 2.26. The number of carbonyl (C=O) groups is 1. The van der Waals surface area contributed by atoms with Crippen LogP contribution in [0, 0.1) is 0 Å². The van der Waals surface area contributed by atoms with Gasteiger partial charge in [-0.1, -0.05) is 0 Å². The van der Waals surface area contributed by atoms with Gasteiger partial charge in [-0.05, 0) is 0 Å². The summed E-state index contributed by atoms with van der Waals surface area (Å²) in [6.45, 7) is -0.251. The first kappa shape index (κ1) is 11.5. The minimum absolute atomic E-state index is 0.251. The number of hydrogen-bond donors (Lipinski definition) is 2. The molecule has 96 valence electrons. The summed E-state index contributed by atoms with van der Waals surface area (Å²) in [6.07, 6.45) is 1.16. The first-order chi connectivity index (χ1) is 8.70. The molecule has 1 unspecified atom stereocenters. The largest absolute Gasteiger partial charge is 0.394 e. The van der Waals surface area contributed by atoms with Gasteiger partial charge in [0.05, 0.1) is 19.0 Å². The van der Waals surface area contributed by atoms with E-state index in [0.717, 1.165) is 0 Å². The molecule has 0 aliphatic carbocycles. The maximum absolute atomic E-state index is 11.5. The fourth-order valence-electron chi connectivity index (χ4n) is 2.20. The van der Waals surface area contributed by atoms with E-state index in [1.54, 1.807) is 4.90 Å². The van der Waals surface area contributed by atoms with Crippen molar-refractivity contribution >= 4 is 24.4 Å². The lowest BCUT2D eigenvalue weighted by atomic mass is 10.2. The van der Waals surface area contributed by atoms with Crippen LogP contribution in [0.2, 0.25) is 0 Å². The summed E-state index contributed by atoms with van der Waals surface area (Å²) in [4.78, 5) is 24.7. The Kier molecular flexibility index (Phi) is 2.69. The Morgan fingerprint density at radius 2 is 2.39 bits per heavy atom. The van der Waals surface area contributed by atoms with Crippen LogP contribution < -0.4 is 0 Å². The SMILES string of the molecule is O=C1N=CN=C2C1N=CN2[C@@H]1C[C@@H](O)[C@H](CO)O1. The maximum atomic E-state index is 11.5. The van der Waals surface area contributed by atoms with Gasteiger partial charge in [-0.2, -0.15) is 4.99 Å². The second-order valence-corrected chi connectivity index (χ2v) is 4.26. The molecule has 1 amide bonds. The first-order valence-electron chi connectivity index (χ1n) is 5.61. The molecule has 3 rings (SSSR count). The zero-order valence-electron chi connectivity index (χ0n) is 9.38. The Hall–Kier alpha value is -1.64. The molecule has 0 aromatic carbocycles. The highest BCUT2D eigenvalue weighted by Gasteiger charge is 2.43. The van der Waals surface area contributed by atoms with E-state index in [2.05, 4.69) is 15.0 Å². The molecule has 3 heterocycles. The van der Waals surface area contributed by atoms with Crippen molar-refractivity contribution in [3.05, 3.63) is 0 Å². The molecule has 18 heavy (non-hydrogen) atoms. The van der Waals surface area contributed by atoms with Gasteiger partial charge in [0.15, 0.2) is 6.04 Å². The number of hydrogen-bond acceptors (Lipinski definition) is 7. The van der Waals surface area contributed by atoms with Crippen molar-refractivity contribution in [1.29, 1.82) is 0 Å². The van der Waals surface area contributed by atoms with Crippen LogP contribution >= 0.6 is 0 Å². The molecule has 0 bridgehead atoms. The smallest absolute Gasteiger partial charge is 0.279 e. The lowest BCUT2D eigenvalue weighted by Crippen LogP contribution is -2.43. The van der Waals surface area contributed by atoms with Gasteiger partial charge in [0.1, 0.15) is 24.5 Å². The summed E-state index contributed by atoms with van der Waals surface area (Å²) in [5.41, 5.74) is 0. The maximum Gasteiger partial charge on any atom is 0.279 e. The molecule has 0 aromatic heterocycles. The minimum atomic E-state index is -0.735. The Labute approximate surface area is 102 Å². The number of aliphatic hydroxyl groups excluding tert-OH is 2. The Bertz CT molecular complexity index is 461. The van der Waals surface area contributed by atoms with E-state index in [-0.39, 0.29) is 12.5 Å². The standard InChI is InChI=1S/C10H12N4O4/c15-2-6-5(16)1-7(18-6)14-4-13-8-9(14)11-3-12-10(8)17/h3-8,15-16H,1-2H2/t5-,6+,7+,8?/m1/s1. The Balaban J connectivity index is 1.79. The number of aliphatic hydroxyl groups is 2. The second kappa shape index (κ2) is 4.23. The molecule has 0 aromatic rings. The zero-order chi connectivity index (χ0) is 12.7. The zero-order valence-corrected chi connectivity index (χ0v) is 9.38. The summed E-state index contributed by atoms with van der Waals surface area (Å²) in [5.74, 6) is 0.0850. The van der Waals surface area contributed by atoms with Crippen LogP contribution in [0.5, 0.6) is 0 Å². The summed E-state index contributed by atoms with van der Waals surface area (Å²) in [5, 5.41) is 18.7. The lowest BCUT2D eigenvalue weighted by Gasteiger charge is -2.24. The average molecular weight is 252 g/mol. The first-order valence-corrected chi connectivity index (χ1v) is 5.61. The van der Waals surface area contributed by atoms with Gasteiger partial charge in [0, 0.05) is 6.42 Å². The molecule has 4 atom stereocenters. The molecule has 8 heteroatoms. The van der Waals surface area contributed by atoms with Gasteiger partial charge >= 0.3 is 0 Å². The van der Waals surface area contributed by atoms with E-state index < -0.39 is 24.5 Å². The normalized spacial score (nSPS) is 38.2. The van der Waals surface area contributed by atoms with Gasteiger partial charge in [-0.3, -0.25) is 14.7 Å². The molecular weight excluding hydrogens is 240 g/mol. The summed E-state index contributed by atoms with van der Waals surface area (Å²) >= 11 is 0. The molecule has 1 saturated heterocycles. The van der Waals surface area contributed by atoms with E-state index in [0.29, 0.717) is 12.3 Å². The van der Waals surface area contributed by atoms with Crippen LogP contribution in [0.4, 0.5) is 0 Å². The lowest BCUT2D eigenvalue weighted by molar-refractivity contribution is -0.117. The van der Waals surface area contributed by atoms with Crippen molar-refractivity contribution in [2.24, 2.45) is 15.0 Å². The van der Waals surface area contributed by atoms with Crippen LogP contribution in [0.3, 0.4) is 0 Å². The second-order valence-electron chi connectivity index (χ2n) is 4.26. The fourth-order valence-corrected chi connectivity index (χ4v) is 2.20. The fraction of sp³-hybridized carbons (Fsp3) is 0.600. The monoisotopic (exact) mass is 252 g/mol. The van der Waals surface area contributed by atoms with Crippen molar-refractivity contribution in [1.82, 2.24) is 4.90 Å². The number of aliphatic imine (C=N–C) groups is 3. The van der Waals surface area contributed by atoms with Crippen LogP contribution in [0.1, 0.15) is 6.42 Å². The third-order valence-corrected chi connectivity index (χ3v) is 3.15. The van der Waals surface area contributed by atoms with Crippen molar-refractivity contribution in [3.63, 3.8) is 0 Å².